The Morgan fingerprint density at radius 3 is 2.59 bits per heavy atom. The van der Waals surface area contributed by atoms with E-state index in [1.165, 1.54) is 4.57 Å². The number of aliphatic hydroxyl groups is 1. The molecular formula is C26H37N5O3. The van der Waals surface area contributed by atoms with Gasteiger partial charge in [0.25, 0.3) is 5.56 Å². The molecule has 0 bridgehead atoms. The number of likely N-dealkylation sites (tertiary alicyclic amines) is 1. The summed E-state index contributed by atoms with van der Waals surface area (Å²) in [5.41, 5.74) is -0.00191. The molecule has 0 aliphatic carbocycles. The number of piperidine rings is 2. The lowest BCUT2D eigenvalue weighted by molar-refractivity contribution is -0.135. The van der Waals surface area contributed by atoms with Crippen LogP contribution in [0.2, 0.25) is 0 Å². The molecule has 2 aromatic rings. The molecule has 1 atom stereocenters. The predicted octanol–water partition coefficient (Wildman–Crippen LogP) is 1.76. The molecule has 2 aliphatic heterocycles. The second-order valence-corrected chi connectivity index (χ2v) is 10.0. The van der Waals surface area contributed by atoms with Crippen LogP contribution >= 0.6 is 0 Å². The standard InChI is InChI=1S/C26H37N5O3/c1-28(2)22-9-6-14-30(18-22)23-17-25(33)31(20-27-23)19-26(34)12-15-29(16-13-26)24(32)11-10-21-7-4-3-5-8-21/h3-5,7-8,17,20,22,34H,6,9-16,18-19H2,1-2H3/t22-/m0/s1. The van der Waals surface area contributed by atoms with Crippen molar-refractivity contribution in [2.75, 3.05) is 45.2 Å². The number of aryl methyl sites for hydroxylation is 1. The van der Waals surface area contributed by atoms with Gasteiger partial charge < -0.3 is 19.8 Å². The lowest BCUT2D eigenvalue weighted by Crippen LogP contribution is -2.50. The van der Waals surface area contributed by atoms with Gasteiger partial charge in [0, 0.05) is 44.7 Å². The summed E-state index contributed by atoms with van der Waals surface area (Å²) in [6, 6.07) is 12.0. The van der Waals surface area contributed by atoms with Gasteiger partial charge in [-0.15, -0.1) is 0 Å². The smallest absolute Gasteiger partial charge is 0.255 e. The zero-order valence-electron chi connectivity index (χ0n) is 20.4. The van der Waals surface area contributed by atoms with E-state index in [9.17, 15) is 14.7 Å². The van der Waals surface area contributed by atoms with Gasteiger partial charge in [0.15, 0.2) is 0 Å². The van der Waals surface area contributed by atoms with Gasteiger partial charge in [-0.25, -0.2) is 4.98 Å². The van der Waals surface area contributed by atoms with Crippen molar-refractivity contribution in [3.05, 3.63) is 58.6 Å². The number of benzene rings is 1. The average Bonchev–Trinajstić information content (AvgIpc) is 2.85. The summed E-state index contributed by atoms with van der Waals surface area (Å²) < 4.78 is 1.50. The van der Waals surface area contributed by atoms with Gasteiger partial charge in [-0.05, 0) is 51.8 Å². The molecule has 4 rings (SSSR count). The van der Waals surface area contributed by atoms with Crippen molar-refractivity contribution in [1.29, 1.82) is 0 Å². The van der Waals surface area contributed by atoms with E-state index in [-0.39, 0.29) is 18.0 Å². The summed E-state index contributed by atoms with van der Waals surface area (Å²) in [5.74, 6) is 0.824. The van der Waals surface area contributed by atoms with Gasteiger partial charge in [-0.2, -0.15) is 0 Å². The minimum absolute atomic E-state index is 0.117. The number of rotatable bonds is 7. The van der Waals surface area contributed by atoms with E-state index in [4.69, 9.17) is 0 Å². The van der Waals surface area contributed by atoms with Crippen molar-refractivity contribution in [3.63, 3.8) is 0 Å². The Morgan fingerprint density at radius 2 is 1.91 bits per heavy atom. The molecule has 1 aromatic heterocycles. The first-order valence-electron chi connectivity index (χ1n) is 12.3. The Hall–Kier alpha value is -2.71. The number of hydrogen-bond donors (Lipinski definition) is 1. The molecule has 34 heavy (non-hydrogen) atoms. The first kappa shape index (κ1) is 24.4. The number of anilines is 1. The second kappa shape index (κ2) is 10.7. The minimum Gasteiger partial charge on any atom is -0.388 e. The van der Waals surface area contributed by atoms with E-state index in [0.29, 0.717) is 44.2 Å². The summed E-state index contributed by atoms with van der Waals surface area (Å²) in [7, 11) is 4.17. The highest BCUT2D eigenvalue weighted by Gasteiger charge is 2.34. The highest BCUT2D eigenvalue weighted by Crippen LogP contribution is 2.25. The van der Waals surface area contributed by atoms with Crippen LogP contribution in [-0.2, 0) is 17.8 Å². The summed E-state index contributed by atoms with van der Waals surface area (Å²) in [6.45, 7) is 2.97. The molecule has 0 unspecified atom stereocenters. The Morgan fingerprint density at radius 1 is 1.18 bits per heavy atom. The van der Waals surface area contributed by atoms with Crippen LogP contribution in [0.5, 0.6) is 0 Å². The van der Waals surface area contributed by atoms with Crippen molar-refractivity contribution in [2.45, 2.75) is 56.7 Å². The van der Waals surface area contributed by atoms with Gasteiger partial charge in [-0.3, -0.25) is 14.2 Å². The number of carbonyl (C=O) groups is 1. The van der Waals surface area contributed by atoms with Crippen molar-refractivity contribution < 1.29 is 9.90 Å². The molecule has 8 heteroatoms. The van der Waals surface area contributed by atoms with Crippen molar-refractivity contribution in [2.24, 2.45) is 0 Å². The van der Waals surface area contributed by atoms with Crippen LogP contribution in [-0.4, -0.2) is 82.3 Å². The Labute approximate surface area is 201 Å². The second-order valence-electron chi connectivity index (χ2n) is 10.0. The molecule has 3 heterocycles. The van der Waals surface area contributed by atoms with Crippen LogP contribution in [0.15, 0.2) is 47.5 Å². The Balaban J connectivity index is 1.31. The number of nitrogens with zero attached hydrogens (tertiary/aromatic N) is 5. The van der Waals surface area contributed by atoms with Crippen LogP contribution in [0.3, 0.4) is 0 Å². The van der Waals surface area contributed by atoms with E-state index < -0.39 is 5.60 Å². The summed E-state index contributed by atoms with van der Waals surface area (Å²) in [6.07, 6.45) is 5.89. The van der Waals surface area contributed by atoms with Crippen LogP contribution in [0.4, 0.5) is 5.82 Å². The number of likely N-dealkylation sites (N-methyl/N-ethyl adjacent to an activating group) is 1. The first-order valence-corrected chi connectivity index (χ1v) is 12.3. The topological polar surface area (TPSA) is 81.9 Å². The molecular weight excluding hydrogens is 430 g/mol. The van der Waals surface area contributed by atoms with E-state index in [0.717, 1.165) is 37.9 Å². The fraction of sp³-hybridized carbons (Fsp3) is 0.577. The third-order valence-corrected chi connectivity index (χ3v) is 7.30. The minimum atomic E-state index is -1.01. The van der Waals surface area contributed by atoms with E-state index in [1.54, 1.807) is 12.4 Å². The number of aromatic nitrogens is 2. The molecule has 2 saturated heterocycles. The summed E-state index contributed by atoms with van der Waals surface area (Å²) in [5, 5.41) is 11.1. The summed E-state index contributed by atoms with van der Waals surface area (Å²) >= 11 is 0. The van der Waals surface area contributed by atoms with Crippen LogP contribution < -0.4 is 10.5 Å². The molecule has 0 spiro atoms. The van der Waals surface area contributed by atoms with Crippen molar-refractivity contribution in [1.82, 2.24) is 19.4 Å². The van der Waals surface area contributed by atoms with Gasteiger partial charge in [0.2, 0.25) is 5.91 Å². The van der Waals surface area contributed by atoms with Crippen molar-refractivity contribution in [3.8, 4) is 0 Å². The maximum atomic E-state index is 12.8. The number of carbonyl (C=O) groups excluding carboxylic acids is 1. The monoisotopic (exact) mass is 467 g/mol. The molecule has 1 amide bonds. The first-order chi connectivity index (χ1) is 16.3. The highest BCUT2D eigenvalue weighted by atomic mass is 16.3. The van der Waals surface area contributed by atoms with Crippen LogP contribution in [0, 0.1) is 0 Å². The Kier molecular flexibility index (Phi) is 7.68. The van der Waals surface area contributed by atoms with Crippen molar-refractivity contribution >= 4 is 11.7 Å². The van der Waals surface area contributed by atoms with Crippen LogP contribution in [0.1, 0.15) is 37.7 Å². The largest absolute Gasteiger partial charge is 0.388 e. The molecule has 184 valence electrons. The van der Waals surface area contributed by atoms with E-state index in [1.807, 2.05) is 35.2 Å². The molecule has 1 N–H and O–H groups in total. The van der Waals surface area contributed by atoms with E-state index >= 15 is 0 Å². The maximum Gasteiger partial charge on any atom is 0.255 e. The molecule has 0 saturated carbocycles. The third-order valence-electron chi connectivity index (χ3n) is 7.30. The predicted molar refractivity (Wildman–Crippen MR) is 133 cm³/mol. The summed E-state index contributed by atoms with van der Waals surface area (Å²) in [4.78, 5) is 36.2. The normalized spacial score (nSPS) is 20.5. The Bertz CT molecular complexity index is 1010. The molecule has 1 aromatic carbocycles. The lowest BCUT2D eigenvalue weighted by atomic mass is 9.91. The molecule has 2 fully saturated rings. The van der Waals surface area contributed by atoms with E-state index in [2.05, 4.69) is 28.9 Å². The SMILES string of the molecule is CN(C)[C@H]1CCCN(c2cc(=O)n(CC3(O)CCN(C(=O)CCc4ccccc4)CC3)cn2)C1. The fourth-order valence-corrected chi connectivity index (χ4v) is 4.99. The van der Waals surface area contributed by atoms with Gasteiger partial charge in [-0.1, -0.05) is 30.3 Å². The molecule has 0 radical (unpaired) electrons. The molecule has 8 nitrogen and oxygen atoms in total. The van der Waals surface area contributed by atoms with Gasteiger partial charge in [0.05, 0.1) is 18.5 Å². The lowest BCUT2D eigenvalue weighted by Gasteiger charge is -2.38. The number of hydrogen-bond acceptors (Lipinski definition) is 6. The maximum absolute atomic E-state index is 12.8. The fourth-order valence-electron chi connectivity index (χ4n) is 4.99. The molecule has 2 aliphatic rings. The average molecular weight is 468 g/mol. The zero-order valence-corrected chi connectivity index (χ0v) is 20.4. The van der Waals surface area contributed by atoms with Crippen LogP contribution in [0.25, 0.3) is 0 Å². The zero-order chi connectivity index (χ0) is 24.1. The third kappa shape index (κ3) is 6.04. The highest BCUT2D eigenvalue weighted by molar-refractivity contribution is 5.76. The van der Waals surface area contributed by atoms with Gasteiger partial charge >= 0.3 is 0 Å². The quantitative estimate of drug-likeness (QED) is 0.668. The number of amides is 1. The van der Waals surface area contributed by atoms with Gasteiger partial charge in [0.1, 0.15) is 5.82 Å².